The summed E-state index contributed by atoms with van der Waals surface area (Å²) in [4.78, 5) is 29.1. The number of thiophene rings is 1. The van der Waals surface area contributed by atoms with Crippen LogP contribution in [0.15, 0.2) is 60.1 Å². The van der Waals surface area contributed by atoms with Crippen molar-refractivity contribution in [1.29, 1.82) is 0 Å². The lowest BCUT2D eigenvalue weighted by molar-refractivity contribution is -0.698. The zero-order valence-corrected chi connectivity index (χ0v) is 19.2. The van der Waals surface area contributed by atoms with Crippen LogP contribution in [-0.4, -0.2) is 16.7 Å². The van der Waals surface area contributed by atoms with Crippen molar-refractivity contribution >= 4 is 28.8 Å². The maximum Gasteiger partial charge on any atom is 0.290 e. The second kappa shape index (κ2) is 9.04. The minimum Gasteiger partial charge on any atom is -1.00 e. The molecule has 1 aliphatic rings. The van der Waals surface area contributed by atoms with Crippen LogP contribution in [0.25, 0.3) is 0 Å². The Bertz CT molecular complexity index is 1020. The fraction of sp³-hybridized carbons (Fsp3) is 0.227. The van der Waals surface area contributed by atoms with Crippen molar-refractivity contribution in [3.63, 3.8) is 0 Å². The highest BCUT2D eigenvalue weighted by molar-refractivity contribution is 7.09. The zero-order valence-electron chi connectivity index (χ0n) is 16.3. The van der Waals surface area contributed by atoms with E-state index in [-0.39, 0.29) is 42.3 Å². The van der Waals surface area contributed by atoms with E-state index in [0.717, 1.165) is 27.4 Å². The van der Waals surface area contributed by atoms with Gasteiger partial charge in [0.15, 0.2) is 12.2 Å². The molecule has 0 radical (unpaired) electrons. The molecule has 7 heteroatoms. The van der Waals surface area contributed by atoms with Crippen molar-refractivity contribution in [2.24, 2.45) is 0 Å². The predicted molar refractivity (Wildman–Crippen MR) is 109 cm³/mol. The minimum atomic E-state index is -0.677. The number of halogens is 1. The predicted octanol–water partition coefficient (Wildman–Crippen LogP) is 0.379. The average Bonchev–Trinajstić information content (AvgIpc) is 3.18. The zero-order chi connectivity index (χ0) is 19.7. The number of para-hydroxylation sites is 1. The first-order valence-corrected chi connectivity index (χ1v) is 10.1. The van der Waals surface area contributed by atoms with E-state index in [1.807, 2.05) is 78.5 Å². The number of amides is 2. The topological polar surface area (TPSA) is 53.3 Å². The molecule has 0 aliphatic carbocycles. The number of carbonyl (C=O) groups excluding carboxylic acids is 2. The molecule has 1 aliphatic heterocycles. The maximum atomic E-state index is 13.4. The fourth-order valence-corrected chi connectivity index (χ4v) is 4.35. The van der Waals surface area contributed by atoms with Gasteiger partial charge < -0.3 is 34.2 Å². The highest BCUT2D eigenvalue weighted by Gasteiger charge is 2.43. The molecule has 150 valence electrons. The van der Waals surface area contributed by atoms with Crippen LogP contribution in [0.5, 0.6) is 0 Å². The maximum absolute atomic E-state index is 13.4. The Balaban J connectivity index is 0.00000240. The van der Waals surface area contributed by atoms with Crippen LogP contribution in [0, 0.1) is 13.8 Å². The summed E-state index contributed by atoms with van der Waals surface area (Å²) in [5.41, 5.74) is 3.63. The number of hydrogen-bond donors (Lipinski definition) is 1. The summed E-state index contributed by atoms with van der Waals surface area (Å²) >= 11 is 1.59. The van der Waals surface area contributed by atoms with Gasteiger partial charge in [0, 0.05) is 22.7 Å². The number of hydrogen-bond acceptors (Lipinski definition) is 3. The Kier molecular flexibility index (Phi) is 6.69. The molecule has 1 N–H and O–H groups in total. The molecule has 0 spiro atoms. The van der Waals surface area contributed by atoms with E-state index in [2.05, 4.69) is 5.32 Å². The Morgan fingerprint density at radius 2 is 1.90 bits per heavy atom. The Hall–Kier alpha value is -2.26. The number of benzene rings is 1. The van der Waals surface area contributed by atoms with Crippen molar-refractivity contribution in [1.82, 2.24) is 4.90 Å². The number of nitrogens with zero attached hydrogens (tertiary/aromatic N) is 2. The molecule has 0 saturated heterocycles. The number of nitrogens with one attached hydrogen (secondary N) is 1. The van der Waals surface area contributed by atoms with Crippen molar-refractivity contribution in [3.05, 3.63) is 81.8 Å². The molecule has 0 saturated carbocycles. The Labute approximate surface area is 191 Å². The summed E-state index contributed by atoms with van der Waals surface area (Å²) in [7, 11) is 0. The van der Waals surface area contributed by atoms with Crippen molar-refractivity contribution in [2.75, 3.05) is 5.32 Å². The molecular weight excluding hydrogens is 497 g/mol. The second-order valence-electron chi connectivity index (χ2n) is 7.01. The fourth-order valence-electron chi connectivity index (χ4n) is 3.65. The van der Waals surface area contributed by atoms with Gasteiger partial charge in [0.1, 0.15) is 0 Å². The molecule has 1 aromatic carbocycles. The molecule has 2 aromatic heterocycles. The monoisotopic (exact) mass is 519 g/mol. The quantitative estimate of drug-likeness (QED) is 0.401. The third-order valence-electron chi connectivity index (χ3n) is 5.08. The van der Waals surface area contributed by atoms with Crippen LogP contribution >= 0.6 is 11.3 Å². The van der Waals surface area contributed by atoms with E-state index >= 15 is 0 Å². The minimum absolute atomic E-state index is 0. The molecular formula is C22H22IN3O2S. The van der Waals surface area contributed by atoms with Gasteiger partial charge in [0.2, 0.25) is 12.2 Å². The lowest BCUT2D eigenvalue weighted by atomic mass is 10.0. The molecule has 0 bridgehead atoms. The lowest BCUT2D eigenvalue weighted by Crippen LogP contribution is -3.00. The number of anilines is 1. The number of pyridine rings is 1. The molecule has 3 aromatic rings. The summed E-state index contributed by atoms with van der Waals surface area (Å²) in [6, 6.07) is 14.9. The number of aryl methyl sites for hydroxylation is 2. The summed E-state index contributed by atoms with van der Waals surface area (Å²) in [5, 5.41) is 5.06. The summed E-state index contributed by atoms with van der Waals surface area (Å²) in [5.74, 6) is -0.249. The van der Waals surface area contributed by atoms with Gasteiger partial charge in [-0.2, -0.15) is 4.57 Å². The molecule has 1 atom stereocenters. The van der Waals surface area contributed by atoms with E-state index < -0.39 is 6.04 Å². The van der Waals surface area contributed by atoms with Crippen LogP contribution in [0.4, 0.5) is 5.69 Å². The van der Waals surface area contributed by atoms with E-state index in [0.29, 0.717) is 6.54 Å². The SMILES string of the molecule is Cc1cccc(C)c1NC(=O)C1c2cccc[n+]2CC(=O)N1Cc1cccs1.[I-]. The molecule has 4 rings (SSSR count). The average molecular weight is 519 g/mol. The standard InChI is InChI=1S/C22H21N3O2S.HI/c1-15-7-5-8-16(2)20(15)23-22(27)21-18-10-3-4-11-24(18)14-19(26)25(21)13-17-9-6-12-28-17;/h3-12,21H,13-14H2,1-2H3;1H. The van der Waals surface area contributed by atoms with E-state index in [9.17, 15) is 9.59 Å². The number of aromatic nitrogens is 1. The highest BCUT2D eigenvalue weighted by Crippen LogP contribution is 2.28. The first-order chi connectivity index (χ1) is 13.5. The van der Waals surface area contributed by atoms with E-state index in [4.69, 9.17) is 0 Å². The second-order valence-corrected chi connectivity index (χ2v) is 8.05. The van der Waals surface area contributed by atoms with Crippen LogP contribution in [0.2, 0.25) is 0 Å². The van der Waals surface area contributed by atoms with Gasteiger partial charge in [-0.25, -0.2) is 0 Å². The van der Waals surface area contributed by atoms with Crippen LogP contribution in [-0.2, 0) is 22.7 Å². The van der Waals surface area contributed by atoms with Gasteiger partial charge in [-0.3, -0.25) is 9.59 Å². The molecule has 0 fully saturated rings. The van der Waals surface area contributed by atoms with Gasteiger partial charge >= 0.3 is 0 Å². The summed E-state index contributed by atoms with van der Waals surface area (Å²) in [6.45, 7) is 4.62. The van der Waals surface area contributed by atoms with Crippen molar-refractivity contribution in [2.45, 2.75) is 33.0 Å². The lowest BCUT2D eigenvalue weighted by Gasteiger charge is -2.32. The van der Waals surface area contributed by atoms with E-state index in [1.165, 1.54) is 0 Å². The summed E-state index contributed by atoms with van der Waals surface area (Å²) < 4.78 is 1.86. The molecule has 2 amide bonds. The highest BCUT2D eigenvalue weighted by atomic mass is 127. The van der Waals surface area contributed by atoms with E-state index in [1.54, 1.807) is 16.2 Å². The van der Waals surface area contributed by atoms with Crippen LogP contribution < -0.4 is 33.9 Å². The first kappa shape index (κ1) is 21.4. The molecule has 29 heavy (non-hydrogen) atoms. The third kappa shape index (κ3) is 4.35. The summed E-state index contributed by atoms with van der Waals surface area (Å²) in [6.07, 6.45) is 1.86. The molecule has 5 nitrogen and oxygen atoms in total. The van der Waals surface area contributed by atoms with Gasteiger partial charge in [0.25, 0.3) is 11.8 Å². The normalized spacial score (nSPS) is 15.4. The molecule has 1 unspecified atom stereocenters. The first-order valence-electron chi connectivity index (χ1n) is 9.22. The Morgan fingerprint density at radius 1 is 1.14 bits per heavy atom. The van der Waals surface area contributed by atoms with Crippen LogP contribution in [0.1, 0.15) is 27.7 Å². The van der Waals surface area contributed by atoms with Gasteiger partial charge in [-0.05, 0) is 36.4 Å². The molecule has 3 heterocycles. The number of rotatable bonds is 4. The van der Waals surface area contributed by atoms with Gasteiger partial charge in [-0.15, -0.1) is 11.3 Å². The third-order valence-corrected chi connectivity index (χ3v) is 5.94. The van der Waals surface area contributed by atoms with Gasteiger partial charge in [0.05, 0.1) is 6.54 Å². The number of fused-ring (bicyclic) bond motifs is 1. The van der Waals surface area contributed by atoms with Crippen LogP contribution in [0.3, 0.4) is 0 Å². The smallest absolute Gasteiger partial charge is 0.290 e. The largest absolute Gasteiger partial charge is 1.00 e. The number of carbonyl (C=O) groups is 2. The van der Waals surface area contributed by atoms with Crippen molar-refractivity contribution in [3.8, 4) is 0 Å². The Morgan fingerprint density at radius 3 is 2.59 bits per heavy atom. The van der Waals surface area contributed by atoms with Crippen molar-refractivity contribution < 1.29 is 38.1 Å². The van der Waals surface area contributed by atoms with Gasteiger partial charge in [-0.1, -0.05) is 30.3 Å².